The summed E-state index contributed by atoms with van der Waals surface area (Å²) in [7, 11) is 0. The van der Waals surface area contributed by atoms with Gasteiger partial charge in [0, 0.05) is 23.9 Å². The van der Waals surface area contributed by atoms with Crippen LogP contribution in [-0.4, -0.2) is 10.4 Å². The Morgan fingerprint density at radius 3 is 2.93 bits per heavy atom. The van der Waals surface area contributed by atoms with Crippen molar-refractivity contribution in [2.24, 2.45) is 5.41 Å². The minimum atomic E-state index is 0.0643. The lowest BCUT2D eigenvalue weighted by molar-refractivity contribution is 0.0910. The number of carbonyl (C=O) groups is 1. The average Bonchev–Trinajstić information content (AvgIpc) is 2.47. The Morgan fingerprint density at radius 2 is 2.27 bits per heavy atom. The molecule has 0 saturated heterocycles. The summed E-state index contributed by atoms with van der Waals surface area (Å²) in [5.41, 5.74) is 2.04. The summed E-state index contributed by atoms with van der Waals surface area (Å²) in [6.45, 7) is 4.81. The van der Waals surface area contributed by atoms with E-state index < -0.39 is 0 Å². The molecule has 2 nitrogen and oxygen atoms in total. The third-order valence-corrected chi connectivity index (χ3v) is 2.93. The SMILES string of the molecule is C#CCn1ccc2c1CC(C)(C)CC2=O. The first kappa shape index (κ1) is 10.0. The highest BCUT2D eigenvalue weighted by molar-refractivity contribution is 5.98. The number of rotatable bonds is 1. The number of ketones is 1. The fourth-order valence-corrected chi connectivity index (χ4v) is 2.25. The Labute approximate surface area is 90.3 Å². The number of hydrogen-bond donors (Lipinski definition) is 0. The van der Waals surface area contributed by atoms with Crippen molar-refractivity contribution in [3.63, 3.8) is 0 Å². The number of carbonyl (C=O) groups excluding carboxylic acids is 1. The Kier molecular flexibility index (Phi) is 2.19. The summed E-state index contributed by atoms with van der Waals surface area (Å²) >= 11 is 0. The van der Waals surface area contributed by atoms with Crippen LogP contribution in [-0.2, 0) is 13.0 Å². The number of Topliss-reactive ketones (excluding diaryl/α,β-unsaturated/α-hetero) is 1. The van der Waals surface area contributed by atoms with Crippen molar-refractivity contribution in [1.29, 1.82) is 0 Å². The van der Waals surface area contributed by atoms with Crippen molar-refractivity contribution in [2.75, 3.05) is 0 Å². The molecule has 0 radical (unpaired) electrons. The van der Waals surface area contributed by atoms with Crippen LogP contribution in [0.1, 0.15) is 36.3 Å². The molecule has 0 bridgehead atoms. The molecule has 1 heterocycles. The molecule has 0 saturated carbocycles. The molecule has 0 aromatic carbocycles. The van der Waals surface area contributed by atoms with Crippen molar-refractivity contribution >= 4 is 5.78 Å². The van der Waals surface area contributed by atoms with E-state index in [1.165, 1.54) is 0 Å². The van der Waals surface area contributed by atoms with Crippen LogP contribution in [0.15, 0.2) is 12.3 Å². The molecule has 0 unspecified atom stereocenters. The maximum absolute atomic E-state index is 11.9. The number of aromatic nitrogens is 1. The van der Waals surface area contributed by atoms with Crippen LogP contribution in [0.4, 0.5) is 0 Å². The van der Waals surface area contributed by atoms with E-state index in [1.54, 1.807) is 0 Å². The van der Waals surface area contributed by atoms with Gasteiger partial charge in [-0.15, -0.1) is 6.42 Å². The van der Waals surface area contributed by atoms with Crippen LogP contribution < -0.4 is 0 Å². The van der Waals surface area contributed by atoms with Crippen molar-refractivity contribution in [3.05, 3.63) is 23.5 Å². The molecule has 0 spiro atoms. The Morgan fingerprint density at radius 1 is 1.53 bits per heavy atom. The van der Waals surface area contributed by atoms with E-state index in [0.717, 1.165) is 17.7 Å². The van der Waals surface area contributed by atoms with Crippen LogP contribution in [0.25, 0.3) is 0 Å². The van der Waals surface area contributed by atoms with E-state index in [4.69, 9.17) is 6.42 Å². The normalized spacial score (nSPS) is 18.3. The van der Waals surface area contributed by atoms with E-state index in [-0.39, 0.29) is 11.2 Å². The predicted octanol–water partition coefficient (Wildman–Crippen LogP) is 2.28. The van der Waals surface area contributed by atoms with Gasteiger partial charge in [0.05, 0.1) is 6.54 Å². The first-order chi connectivity index (χ1) is 7.03. The number of fused-ring (bicyclic) bond motifs is 1. The molecule has 2 rings (SSSR count). The van der Waals surface area contributed by atoms with E-state index in [9.17, 15) is 4.79 Å². The molecule has 0 atom stereocenters. The summed E-state index contributed by atoms with van der Waals surface area (Å²) < 4.78 is 2.01. The molecular formula is C13H15NO. The lowest BCUT2D eigenvalue weighted by Gasteiger charge is -2.29. The highest BCUT2D eigenvalue weighted by atomic mass is 16.1. The van der Waals surface area contributed by atoms with Gasteiger partial charge in [0.2, 0.25) is 0 Å². The standard InChI is InChI=1S/C13H15NO/c1-4-6-14-7-5-10-11(14)8-13(2,3)9-12(10)15/h1,5,7H,6,8-9H2,2-3H3. The van der Waals surface area contributed by atoms with Crippen molar-refractivity contribution in [3.8, 4) is 12.3 Å². The Hall–Kier alpha value is -1.49. The van der Waals surface area contributed by atoms with E-state index in [0.29, 0.717) is 13.0 Å². The topological polar surface area (TPSA) is 22.0 Å². The van der Waals surface area contributed by atoms with Gasteiger partial charge in [-0.2, -0.15) is 0 Å². The molecule has 0 fully saturated rings. The summed E-state index contributed by atoms with van der Waals surface area (Å²) in [6, 6.07) is 1.89. The quantitative estimate of drug-likeness (QED) is 0.639. The van der Waals surface area contributed by atoms with E-state index >= 15 is 0 Å². The van der Waals surface area contributed by atoms with Gasteiger partial charge in [-0.3, -0.25) is 4.79 Å². The Balaban J connectivity index is 2.45. The molecule has 1 aromatic heterocycles. The number of hydrogen-bond acceptors (Lipinski definition) is 1. The average molecular weight is 201 g/mol. The van der Waals surface area contributed by atoms with Crippen LogP contribution in [0, 0.1) is 17.8 Å². The highest BCUT2D eigenvalue weighted by Crippen LogP contribution is 2.34. The minimum Gasteiger partial charge on any atom is -0.339 e. The fraction of sp³-hybridized carbons (Fsp3) is 0.462. The third-order valence-electron chi connectivity index (χ3n) is 2.93. The van der Waals surface area contributed by atoms with Crippen LogP contribution in [0.2, 0.25) is 0 Å². The molecule has 2 heteroatoms. The zero-order chi connectivity index (χ0) is 11.1. The first-order valence-electron chi connectivity index (χ1n) is 5.18. The minimum absolute atomic E-state index is 0.0643. The maximum atomic E-state index is 11.9. The first-order valence-corrected chi connectivity index (χ1v) is 5.18. The van der Waals surface area contributed by atoms with Crippen molar-refractivity contribution in [2.45, 2.75) is 33.2 Å². The van der Waals surface area contributed by atoms with Crippen LogP contribution in [0.5, 0.6) is 0 Å². The summed E-state index contributed by atoms with van der Waals surface area (Å²) in [6.07, 6.45) is 8.79. The van der Waals surface area contributed by atoms with Gasteiger partial charge < -0.3 is 4.57 Å². The molecule has 1 aliphatic rings. The van der Waals surface area contributed by atoms with Gasteiger partial charge in [0.1, 0.15) is 0 Å². The van der Waals surface area contributed by atoms with Gasteiger partial charge in [0.15, 0.2) is 5.78 Å². The van der Waals surface area contributed by atoms with E-state index in [1.807, 2.05) is 16.8 Å². The van der Waals surface area contributed by atoms with Gasteiger partial charge >= 0.3 is 0 Å². The fourth-order valence-electron chi connectivity index (χ4n) is 2.25. The lowest BCUT2D eigenvalue weighted by Crippen LogP contribution is -2.27. The molecule has 1 aromatic rings. The molecule has 0 aliphatic heterocycles. The zero-order valence-electron chi connectivity index (χ0n) is 9.21. The summed E-state index contributed by atoms with van der Waals surface area (Å²) in [5.74, 6) is 2.86. The van der Waals surface area contributed by atoms with Crippen molar-refractivity contribution < 1.29 is 4.79 Å². The lowest BCUT2D eigenvalue weighted by atomic mass is 9.76. The van der Waals surface area contributed by atoms with Crippen molar-refractivity contribution in [1.82, 2.24) is 4.57 Å². The molecule has 0 amide bonds. The second-order valence-corrected chi connectivity index (χ2v) is 4.95. The summed E-state index contributed by atoms with van der Waals surface area (Å²) in [4.78, 5) is 11.9. The number of nitrogens with zero attached hydrogens (tertiary/aromatic N) is 1. The van der Waals surface area contributed by atoms with Crippen LogP contribution in [0.3, 0.4) is 0 Å². The van der Waals surface area contributed by atoms with Gasteiger partial charge in [-0.25, -0.2) is 0 Å². The van der Waals surface area contributed by atoms with E-state index in [2.05, 4.69) is 19.8 Å². The smallest absolute Gasteiger partial charge is 0.165 e. The monoisotopic (exact) mass is 201 g/mol. The summed E-state index contributed by atoms with van der Waals surface area (Å²) in [5, 5.41) is 0. The maximum Gasteiger partial charge on any atom is 0.165 e. The highest BCUT2D eigenvalue weighted by Gasteiger charge is 2.32. The molecule has 1 aliphatic carbocycles. The second-order valence-electron chi connectivity index (χ2n) is 4.95. The predicted molar refractivity (Wildman–Crippen MR) is 59.7 cm³/mol. The molecule has 78 valence electrons. The molecule has 15 heavy (non-hydrogen) atoms. The van der Waals surface area contributed by atoms with Gasteiger partial charge in [-0.1, -0.05) is 19.8 Å². The third kappa shape index (κ3) is 1.70. The van der Waals surface area contributed by atoms with Gasteiger partial charge in [-0.05, 0) is 17.9 Å². The second kappa shape index (κ2) is 3.27. The molecular weight excluding hydrogens is 186 g/mol. The Bertz CT molecular complexity index is 446. The largest absolute Gasteiger partial charge is 0.339 e. The van der Waals surface area contributed by atoms with Crippen LogP contribution >= 0.6 is 0 Å². The number of terminal acetylenes is 1. The zero-order valence-corrected chi connectivity index (χ0v) is 9.21. The molecule has 0 N–H and O–H groups in total. The van der Waals surface area contributed by atoms with Gasteiger partial charge in [0.25, 0.3) is 0 Å².